The van der Waals surface area contributed by atoms with E-state index in [1.807, 2.05) is 6.07 Å². The first-order chi connectivity index (χ1) is 11.4. The minimum absolute atomic E-state index is 0.0871. The predicted molar refractivity (Wildman–Crippen MR) is 88.6 cm³/mol. The third-order valence-corrected chi connectivity index (χ3v) is 4.77. The molecule has 1 saturated heterocycles. The van der Waals surface area contributed by atoms with Crippen molar-refractivity contribution < 1.29 is 19.4 Å². The standard InChI is InChI=1S/C18H17ClFNO3/c19-15-4-2-1-3-14(15)18(24)7-9-21(10-8-18)17(23)13-6-5-12(22)11-16(13)20/h1-6,11,22,24H,7-10H2. The second-order valence-electron chi connectivity index (χ2n) is 5.97. The Bertz CT molecular complexity index is 773. The number of halogens is 2. The Kier molecular flexibility index (Phi) is 4.47. The van der Waals surface area contributed by atoms with E-state index in [1.165, 1.54) is 17.0 Å². The van der Waals surface area contributed by atoms with Crippen LogP contribution in [-0.4, -0.2) is 34.1 Å². The predicted octanol–water partition coefficient (Wildman–Crippen LogP) is 3.31. The van der Waals surface area contributed by atoms with Crippen molar-refractivity contribution in [2.45, 2.75) is 18.4 Å². The highest BCUT2D eigenvalue weighted by molar-refractivity contribution is 6.31. The number of piperidine rings is 1. The van der Waals surface area contributed by atoms with Crippen LogP contribution in [0.2, 0.25) is 5.02 Å². The summed E-state index contributed by atoms with van der Waals surface area (Å²) in [5, 5.41) is 20.6. The fourth-order valence-corrected chi connectivity index (χ4v) is 3.35. The summed E-state index contributed by atoms with van der Waals surface area (Å²) in [7, 11) is 0. The van der Waals surface area contributed by atoms with Crippen LogP contribution in [0.3, 0.4) is 0 Å². The molecule has 24 heavy (non-hydrogen) atoms. The van der Waals surface area contributed by atoms with Crippen molar-refractivity contribution in [2.24, 2.45) is 0 Å². The molecule has 2 aromatic carbocycles. The van der Waals surface area contributed by atoms with E-state index >= 15 is 0 Å². The van der Waals surface area contributed by atoms with Crippen LogP contribution in [0.4, 0.5) is 4.39 Å². The molecule has 2 N–H and O–H groups in total. The molecular formula is C18H17ClFNO3. The molecule has 4 nitrogen and oxygen atoms in total. The van der Waals surface area contributed by atoms with E-state index in [9.17, 15) is 19.4 Å². The van der Waals surface area contributed by atoms with Gasteiger partial charge in [0.1, 0.15) is 11.6 Å². The fourth-order valence-electron chi connectivity index (χ4n) is 3.04. The minimum atomic E-state index is -1.09. The van der Waals surface area contributed by atoms with Crippen molar-refractivity contribution in [1.29, 1.82) is 0 Å². The average molecular weight is 350 g/mol. The van der Waals surface area contributed by atoms with Crippen molar-refractivity contribution >= 4 is 17.5 Å². The fraction of sp³-hybridized carbons (Fsp3) is 0.278. The van der Waals surface area contributed by atoms with Crippen molar-refractivity contribution in [3.63, 3.8) is 0 Å². The second-order valence-corrected chi connectivity index (χ2v) is 6.37. The third-order valence-electron chi connectivity index (χ3n) is 4.44. The van der Waals surface area contributed by atoms with Gasteiger partial charge >= 0.3 is 0 Å². The van der Waals surface area contributed by atoms with Crippen molar-refractivity contribution in [1.82, 2.24) is 4.90 Å². The Morgan fingerprint density at radius 2 is 1.83 bits per heavy atom. The Morgan fingerprint density at radius 3 is 2.46 bits per heavy atom. The monoisotopic (exact) mass is 349 g/mol. The van der Waals surface area contributed by atoms with E-state index in [0.717, 1.165) is 6.07 Å². The molecule has 0 atom stereocenters. The lowest BCUT2D eigenvalue weighted by Gasteiger charge is -2.39. The van der Waals surface area contributed by atoms with Gasteiger partial charge in [-0.25, -0.2) is 4.39 Å². The van der Waals surface area contributed by atoms with E-state index in [-0.39, 0.29) is 11.3 Å². The van der Waals surface area contributed by atoms with E-state index < -0.39 is 17.3 Å². The first-order valence-corrected chi connectivity index (χ1v) is 8.04. The van der Waals surface area contributed by atoms with Gasteiger partial charge in [-0.05, 0) is 31.0 Å². The molecule has 0 bridgehead atoms. The van der Waals surface area contributed by atoms with Crippen molar-refractivity contribution in [3.8, 4) is 5.75 Å². The maximum absolute atomic E-state index is 13.9. The first-order valence-electron chi connectivity index (χ1n) is 7.66. The Morgan fingerprint density at radius 1 is 1.17 bits per heavy atom. The summed E-state index contributed by atoms with van der Waals surface area (Å²) in [6.45, 7) is 0.585. The molecule has 0 aromatic heterocycles. The molecule has 0 radical (unpaired) electrons. The number of rotatable bonds is 2. The summed E-state index contributed by atoms with van der Waals surface area (Å²) in [4.78, 5) is 13.9. The molecule has 1 aliphatic heterocycles. The molecule has 1 fully saturated rings. The summed E-state index contributed by atoms with van der Waals surface area (Å²) >= 11 is 6.16. The van der Waals surface area contributed by atoms with Crippen LogP contribution in [0.15, 0.2) is 42.5 Å². The van der Waals surface area contributed by atoms with E-state index in [0.29, 0.717) is 36.5 Å². The van der Waals surface area contributed by atoms with Crippen molar-refractivity contribution in [3.05, 3.63) is 64.4 Å². The topological polar surface area (TPSA) is 60.8 Å². The number of likely N-dealkylation sites (tertiary alicyclic amines) is 1. The molecule has 0 unspecified atom stereocenters. The van der Waals surface area contributed by atoms with E-state index in [4.69, 9.17) is 11.6 Å². The number of hydrogen-bond donors (Lipinski definition) is 2. The van der Waals surface area contributed by atoms with Crippen LogP contribution in [0.5, 0.6) is 5.75 Å². The highest BCUT2D eigenvalue weighted by Crippen LogP contribution is 2.37. The van der Waals surface area contributed by atoms with Gasteiger partial charge in [0.05, 0.1) is 11.2 Å². The molecule has 0 aliphatic carbocycles. The molecule has 1 heterocycles. The average Bonchev–Trinajstić information content (AvgIpc) is 2.55. The van der Waals surface area contributed by atoms with Gasteiger partial charge in [0.2, 0.25) is 0 Å². The number of carbonyl (C=O) groups is 1. The van der Waals surface area contributed by atoms with Gasteiger partial charge in [-0.1, -0.05) is 29.8 Å². The Labute approximate surface area is 144 Å². The van der Waals surface area contributed by atoms with Gasteiger partial charge in [0, 0.05) is 29.7 Å². The van der Waals surface area contributed by atoms with Gasteiger partial charge in [-0.2, -0.15) is 0 Å². The zero-order valence-electron chi connectivity index (χ0n) is 12.9. The van der Waals surface area contributed by atoms with Gasteiger partial charge < -0.3 is 15.1 Å². The molecule has 1 aliphatic rings. The lowest BCUT2D eigenvalue weighted by molar-refractivity contribution is -0.0211. The van der Waals surface area contributed by atoms with E-state index in [2.05, 4.69) is 0 Å². The summed E-state index contributed by atoms with van der Waals surface area (Å²) in [5.41, 5.74) is -0.534. The SMILES string of the molecule is O=C(c1ccc(O)cc1F)N1CCC(O)(c2ccccc2Cl)CC1. The largest absolute Gasteiger partial charge is 0.508 e. The number of phenolic OH excluding ortho intramolecular Hbond substituents is 1. The lowest BCUT2D eigenvalue weighted by Crippen LogP contribution is -2.45. The van der Waals surface area contributed by atoms with Crippen LogP contribution in [0, 0.1) is 5.82 Å². The molecule has 126 valence electrons. The summed E-state index contributed by atoms with van der Waals surface area (Å²) < 4.78 is 13.9. The summed E-state index contributed by atoms with van der Waals surface area (Å²) in [6.07, 6.45) is 0.643. The highest BCUT2D eigenvalue weighted by Gasteiger charge is 2.37. The van der Waals surface area contributed by atoms with Gasteiger partial charge in [0.25, 0.3) is 5.91 Å². The van der Waals surface area contributed by atoms with Gasteiger partial charge in [-0.15, -0.1) is 0 Å². The first kappa shape index (κ1) is 16.7. The summed E-state index contributed by atoms with van der Waals surface area (Å²) in [5.74, 6) is -1.43. The number of phenols is 1. The molecule has 6 heteroatoms. The second kappa shape index (κ2) is 6.42. The van der Waals surface area contributed by atoms with Gasteiger partial charge in [-0.3, -0.25) is 4.79 Å². The Balaban J connectivity index is 1.75. The lowest BCUT2D eigenvalue weighted by atomic mass is 9.84. The van der Waals surface area contributed by atoms with Crippen LogP contribution >= 0.6 is 11.6 Å². The number of amides is 1. The van der Waals surface area contributed by atoms with Crippen molar-refractivity contribution in [2.75, 3.05) is 13.1 Å². The number of carbonyl (C=O) groups excluding carboxylic acids is 1. The molecule has 3 rings (SSSR count). The molecule has 0 saturated carbocycles. The highest BCUT2D eigenvalue weighted by atomic mass is 35.5. The quantitative estimate of drug-likeness (QED) is 0.874. The molecule has 2 aromatic rings. The maximum Gasteiger partial charge on any atom is 0.256 e. The van der Waals surface area contributed by atoms with Gasteiger partial charge in [0.15, 0.2) is 0 Å². The third kappa shape index (κ3) is 3.09. The molecule has 1 amide bonds. The van der Waals surface area contributed by atoms with E-state index in [1.54, 1.807) is 18.2 Å². The minimum Gasteiger partial charge on any atom is -0.508 e. The normalized spacial score (nSPS) is 16.9. The Hall–Kier alpha value is -2.11. The van der Waals surface area contributed by atoms with Crippen LogP contribution < -0.4 is 0 Å². The zero-order chi connectivity index (χ0) is 17.3. The molecular weight excluding hydrogens is 333 g/mol. The van der Waals surface area contributed by atoms with Crippen LogP contribution in [0.25, 0.3) is 0 Å². The smallest absolute Gasteiger partial charge is 0.256 e. The summed E-state index contributed by atoms with van der Waals surface area (Å²) in [6, 6.07) is 10.6. The number of aliphatic hydroxyl groups is 1. The van der Waals surface area contributed by atoms with Crippen LogP contribution in [0.1, 0.15) is 28.8 Å². The number of benzene rings is 2. The number of aromatic hydroxyl groups is 1. The van der Waals surface area contributed by atoms with Crippen LogP contribution in [-0.2, 0) is 5.60 Å². The maximum atomic E-state index is 13.9. The number of nitrogens with zero attached hydrogens (tertiary/aromatic N) is 1. The zero-order valence-corrected chi connectivity index (χ0v) is 13.6. The molecule has 0 spiro atoms. The number of hydrogen-bond acceptors (Lipinski definition) is 3.